The standard InChI is InChI=1S/C25H34ClF2N5O3S/c1-3-20-17-32(24-23(26)14-19(15-29-24)30-37(2,34)35)12-13-33(20)21-8-10-31(11-9-21)16-18-4-6-22(7-5-18)36-25(27)28/h4-7,14-15,20-21,25,30H,3,8-13,16-17H2,1-2H3/t20-/m0/s1. The molecule has 37 heavy (non-hydrogen) atoms. The van der Waals surface area contributed by atoms with E-state index in [1.165, 1.54) is 6.20 Å². The number of anilines is 2. The van der Waals surface area contributed by atoms with Gasteiger partial charge in [-0.2, -0.15) is 8.78 Å². The molecule has 1 aromatic heterocycles. The van der Waals surface area contributed by atoms with Crippen LogP contribution in [0.2, 0.25) is 5.02 Å². The highest BCUT2D eigenvalue weighted by Crippen LogP contribution is 2.31. The van der Waals surface area contributed by atoms with Crippen LogP contribution >= 0.6 is 11.6 Å². The average molecular weight is 558 g/mol. The fourth-order valence-electron chi connectivity index (χ4n) is 5.28. The van der Waals surface area contributed by atoms with E-state index in [0.29, 0.717) is 28.6 Å². The summed E-state index contributed by atoms with van der Waals surface area (Å²) in [6.07, 6.45) is 5.76. The van der Waals surface area contributed by atoms with Crippen molar-refractivity contribution in [3.8, 4) is 5.75 Å². The maximum absolute atomic E-state index is 12.4. The fourth-order valence-corrected chi connectivity index (χ4v) is 6.11. The molecule has 1 N–H and O–H groups in total. The van der Waals surface area contributed by atoms with Gasteiger partial charge in [-0.05, 0) is 56.1 Å². The van der Waals surface area contributed by atoms with E-state index >= 15 is 0 Å². The maximum Gasteiger partial charge on any atom is 0.387 e. The first-order chi connectivity index (χ1) is 17.6. The number of sulfonamides is 1. The molecule has 0 spiro atoms. The van der Waals surface area contributed by atoms with Crippen LogP contribution in [0.4, 0.5) is 20.3 Å². The van der Waals surface area contributed by atoms with Crippen molar-refractivity contribution in [2.24, 2.45) is 0 Å². The van der Waals surface area contributed by atoms with Crippen LogP contribution in [0, 0.1) is 0 Å². The van der Waals surface area contributed by atoms with Gasteiger partial charge in [0.15, 0.2) is 0 Å². The van der Waals surface area contributed by atoms with Gasteiger partial charge in [-0.3, -0.25) is 14.5 Å². The molecule has 2 aliphatic rings. The number of benzene rings is 1. The lowest BCUT2D eigenvalue weighted by Crippen LogP contribution is -2.58. The third-order valence-corrected chi connectivity index (χ3v) is 7.89. The van der Waals surface area contributed by atoms with E-state index in [1.807, 2.05) is 12.1 Å². The molecule has 4 rings (SSSR count). The minimum absolute atomic E-state index is 0.181. The van der Waals surface area contributed by atoms with E-state index < -0.39 is 16.6 Å². The number of likely N-dealkylation sites (tertiary alicyclic amines) is 1. The molecule has 2 fully saturated rings. The molecule has 8 nitrogen and oxygen atoms in total. The summed E-state index contributed by atoms with van der Waals surface area (Å²) in [5, 5.41) is 0.430. The van der Waals surface area contributed by atoms with E-state index in [0.717, 1.165) is 70.4 Å². The molecule has 0 radical (unpaired) electrons. The van der Waals surface area contributed by atoms with Crippen LogP contribution in [-0.2, 0) is 16.6 Å². The van der Waals surface area contributed by atoms with Gasteiger partial charge in [0.25, 0.3) is 0 Å². The van der Waals surface area contributed by atoms with E-state index in [2.05, 4.69) is 36.1 Å². The molecule has 12 heteroatoms. The summed E-state index contributed by atoms with van der Waals surface area (Å²) in [5.74, 6) is 0.860. The van der Waals surface area contributed by atoms with Gasteiger partial charge in [-0.25, -0.2) is 13.4 Å². The van der Waals surface area contributed by atoms with Crippen molar-refractivity contribution in [3.63, 3.8) is 0 Å². The Morgan fingerprint density at radius 3 is 2.46 bits per heavy atom. The van der Waals surface area contributed by atoms with Gasteiger partial charge in [0.2, 0.25) is 10.0 Å². The van der Waals surface area contributed by atoms with Crippen LogP contribution in [0.1, 0.15) is 31.7 Å². The highest BCUT2D eigenvalue weighted by atomic mass is 35.5. The molecule has 2 aliphatic heterocycles. The van der Waals surface area contributed by atoms with Gasteiger partial charge in [-0.1, -0.05) is 30.7 Å². The number of rotatable bonds is 9. The van der Waals surface area contributed by atoms with Crippen molar-refractivity contribution in [2.45, 2.75) is 51.4 Å². The number of aromatic nitrogens is 1. The van der Waals surface area contributed by atoms with Gasteiger partial charge in [0, 0.05) is 38.3 Å². The molecular formula is C25H34ClF2N5O3S. The quantitative estimate of drug-likeness (QED) is 0.493. The number of nitrogens with one attached hydrogen (secondary N) is 1. The Morgan fingerprint density at radius 1 is 1.16 bits per heavy atom. The molecule has 2 aromatic rings. The zero-order chi connectivity index (χ0) is 26.6. The van der Waals surface area contributed by atoms with Crippen LogP contribution in [0.15, 0.2) is 36.5 Å². The first-order valence-electron chi connectivity index (χ1n) is 12.5. The lowest BCUT2D eigenvalue weighted by atomic mass is 9.98. The molecular weight excluding hydrogens is 524 g/mol. The summed E-state index contributed by atoms with van der Waals surface area (Å²) in [4.78, 5) is 11.7. The zero-order valence-electron chi connectivity index (χ0n) is 21.1. The number of halogens is 3. The Balaban J connectivity index is 1.30. The largest absolute Gasteiger partial charge is 0.435 e. The van der Waals surface area contributed by atoms with Crippen molar-refractivity contribution in [2.75, 3.05) is 48.6 Å². The summed E-state index contributed by atoms with van der Waals surface area (Å²) in [5.41, 5.74) is 1.44. The molecule has 1 atom stereocenters. The van der Waals surface area contributed by atoms with Crippen molar-refractivity contribution >= 4 is 33.1 Å². The van der Waals surface area contributed by atoms with E-state index in [-0.39, 0.29) is 5.75 Å². The van der Waals surface area contributed by atoms with Crippen molar-refractivity contribution in [1.29, 1.82) is 0 Å². The monoisotopic (exact) mass is 557 g/mol. The molecule has 0 aliphatic carbocycles. The molecule has 0 bridgehead atoms. The number of nitrogens with zero attached hydrogens (tertiary/aromatic N) is 4. The molecule has 2 saturated heterocycles. The topological polar surface area (TPSA) is 78.0 Å². The second kappa shape index (κ2) is 12.1. The smallest absolute Gasteiger partial charge is 0.387 e. The Bertz CT molecular complexity index is 1150. The van der Waals surface area contributed by atoms with E-state index in [4.69, 9.17) is 11.6 Å². The van der Waals surface area contributed by atoms with Gasteiger partial charge in [-0.15, -0.1) is 0 Å². The third kappa shape index (κ3) is 7.66. The predicted octanol–water partition coefficient (Wildman–Crippen LogP) is 4.27. The van der Waals surface area contributed by atoms with Gasteiger partial charge >= 0.3 is 6.61 Å². The summed E-state index contributed by atoms with van der Waals surface area (Å²) in [6.45, 7) is 4.68. The Morgan fingerprint density at radius 2 is 1.86 bits per heavy atom. The molecule has 0 unspecified atom stereocenters. The van der Waals surface area contributed by atoms with Crippen molar-refractivity contribution < 1.29 is 21.9 Å². The Hall–Kier alpha value is -2.21. The molecule has 204 valence electrons. The summed E-state index contributed by atoms with van der Waals surface area (Å²) in [6, 6.07) is 9.37. The minimum atomic E-state index is -3.39. The third-order valence-electron chi connectivity index (χ3n) is 7.00. The van der Waals surface area contributed by atoms with Crippen LogP contribution in [0.5, 0.6) is 5.75 Å². The molecule has 1 aromatic carbocycles. The second-order valence-corrected chi connectivity index (χ2v) is 11.8. The number of hydrogen-bond donors (Lipinski definition) is 1. The minimum Gasteiger partial charge on any atom is -0.435 e. The Kier molecular flexibility index (Phi) is 9.10. The SMILES string of the molecule is CC[C@H]1CN(c2ncc(NS(C)(=O)=O)cc2Cl)CCN1C1CCN(Cc2ccc(OC(F)F)cc2)CC1. The number of piperidine rings is 1. The van der Waals surface area contributed by atoms with Crippen molar-refractivity contribution in [3.05, 3.63) is 47.1 Å². The van der Waals surface area contributed by atoms with Gasteiger partial charge in [0.1, 0.15) is 11.6 Å². The van der Waals surface area contributed by atoms with Crippen molar-refractivity contribution in [1.82, 2.24) is 14.8 Å². The number of alkyl halides is 2. The van der Waals surface area contributed by atoms with E-state index in [1.54, 1.807) is 18.2 Å². The van der Waals surface area contributed by atoms with Crippen LogP contribution in [0.3, 0.4) is 0 Å². The first kappa shape index (κ1) is 27.8. The van der Waals surface area contributed by atoms with Gasteiger partial charge in [0.05, 0.1) is 23.2 Å². The summed E-state index contributed by atoms with van der Waals surface area (Å²) < 4.78 is 54.6. The maximum atomic E-state index is 12.4. The van der Waals surface area contributed by atoms with Gasteiger partial charge < -0.3 is 9.64 Å². The normalized spacial score (nSPS) is 20.4. The van der Waals surface area contributed by atoms with Crippen LogP contribution in [0.25, 0.3) is 0 Å². The molecule has 0 amide bonds. The average Bonchev–Trinajstić information content (AvgIpc) is 2.84. The number of piperazine rings is 1. The fraction of sp³-hybridized carbons (Fsp3) is 0.560. The van der Waals surface area contributed by atoms with E-state index in [9.17, 15) is 17.2 Å². The highest BCUT2D eigenvalue weighted by Gasteiger charge is 2.34. The van der Waals surface area contributed by atoms with Crippen LogP contribution < -0.4 is 14.4 Å². The number of pyridine rings is 1. The summed E-state index contributed by atoms with van der Waals surface area (Å²) in [7, 11) is -3.39. The van der Waals surface area contributed by atoms with Crippen LogP contribution in [-0.4, -0.2) is 80.9 Å². The molecule has 3 heterocycles. The summed E-state index contributed by atoms with van der Waals surface area (Å²) >= 11 is 6.48. The molecule has 0 saturated carbocycles. The number of ether oxygens (including phenoxy) is 1. The predicted molar refractivity (Wildman–Crippen MR) is 142 cm³/mol. The zero-order valence-corrected chi connectivity index (χ0v) is 22.7. The number of hydrogen-bond acceptors (Lipinski definition) is 7. The second-order valence-electron chi connectivity index (χ2n) is 9.68. The lowest BCUT2D eigenvalue weighted by molar-refractivity contribution is -0.0498. The Labute approximate surface area is 222 Å². The lowest BCUT2D eigenvalue weighted by Gasteiger charge is -2.47. The highest BCUT2D eigenvalue weighted by molar-refractivity contribution is 7.92. The first-order valence-corrected chi connectivity index (χ1v) is 14.8.